The summed E-state index contributed by atoms with van der Waals surface area (Å²) in [7, 11) is 0. The number of amides is 2. The summed E-state index contributed by atoms with van der Waals surface area (Å²) in [6.07, 6.45) is 14.0. The largest absolute Gasteiger partial charge is 0.392 e. The van der Waals surface area contributed by atoms with Gasteiger partial charge in [0.2, 0.25) is 11.8 Å². The Morgan fingerprint density at radius 2 is 1.32 bits per heavy atom. The minimum absolute atomic E-state index is 0.0387. The Morgan fingerprint density at radius 3 is 1.93 bits per heavy atom. The van der Waals surface area contributed by atoms with Gasteiger partial charge in [-0.3, -0.25) is 9.59 Å². The van der Waals surface area contributed by atoms with Gasteiger partial charge in [0, 0.05) is 32.0 Å². The lowest BCUT2D eigenvalue weighted by molar-refractivity contribution is -0.122. The molecule has 6 nitrogen and oxygen atoms in total. The minimum Gasteiger partial charge on any atom is -0.392 e. The summed E-state index contributed by atoms with van der Waals surface area (Å²) in [5.41, 5.74) is 5.76. The number of hydrogen-bond donors (Lipinski definition) is 4. The molecule has 0 heterocycles. The molecule has 0 rings (SSSR count). The maximum Gasteiger partial charge on any atom is 0.221 e. The van der Waals surface area contributed by atoms with Crippen LogP contribution >= 0.6 is 0 Å². The number of aliphatic hydroxyl groups is 1. The number of aliphatic hydroxyl groups excluding tert-OH is 1. The first-order valence-corrected chi connectivity index (χ1v) is 11.4. The average molecular weight is 400 g/mol. The van der Waals surface area contributed by atoms with Crippen molar-refractivity contribution in [1.29, 1.82) is 0 Å². The first-order chi connectivity index (χ1) is 13.5. The molecule has 0 saturated carbocycles. The highest BCUT2D eigenvalue weighted by atomic mass is 16.3. The second-order valence-electron chi connectivity index (χ2n) is 7.93. The molecule has 0 bridgehead atoms. The van der Waals surface area contributed by atoms with E-state index >= 15 is 0 Å². The molecule has 0 radical (unpaired) electrons. The van der Waals surface area contributed by atoms with Gasteiger partial charge in [-0.25, -0.2) is 0 Å². The van der Waals surface area contributed by atoms with Crippen molar-refractivity contribution in [3.05, 3.63) is 0 Å². The second kappa shape index (κ2) is 19.2. The van der Waals surface area contributed by atoms with Crippen LogP contribution in [0.3, 0.4) is 0 Å². The maximum absolute atomic E-state index is 11.8. The summed E-state index contributed by atoms with van der Waals surface area (Å²) in [5.74, 6) is 0.00561. The van der Waals surface area contributed by atoms with Crippen LogP contribution < -0.4 is 16.4 Å². The van der Waals surface area contributed by atoms with E-state index in [4.69, 9.17) is 5.73 Å². The fourth-order valence-electron chi connectivity index (χ4n) is 3.06. The predicted octanol–water partition coefficient (Wildman–Crippen LogP) is 3.41. The molecule has 0 spiro atoms. The highest BCUT2D eigenvalue weighted by Crippen LogP contribution is 2.10. The van der Waals surface area contributed by atoms with Crippen molar-refractivity contribution in [2.24, 2.45) is 5.73 Å². The number of nitrogens with one attached hydrogen (secondary N) is 2. The molecule has 0 aromatic heterocycles. The maximum atomic E-state index is 11.8. The van der Waals surface area contributed by atoms with Crippen LogP contribution in [-0.2, 0) is 9.59 Å². The minimum atomic E-state index is -0.492. The number of hydrogen-bond acceptors (Lipinski definition) is 4. The van der Waals surface area contributed by atoms with Crippen LogP contribution in [0.5, 0.6) is 0 Å². The lowest BCUT2D eigenvalue weighted by atomic mass is 10.1. The molecule has 6 heteroatoms. The van der Waals surface area contributed by atoms with E-state index in [0.717, 1.165) is 32.1 Å². The molecule has 0 fully saturated rings. The molecule has 0 saturated heterocycles. The summed E-state index contributed by atoms with van der Waals surface area (Å²) >= 11 is 0. The highest BCUT2D eigenvalue weighted by Gasteiger charge is 2.08. The zero-order valence-electron chi connectivity index (χ0n) is 18.3. The van der Waals surface area contributed by atoms with E-state index in [0.29, 0.717) is 25.9 Å². The molecular formula is C22H45N3O3. The van der Waals surface area contributed by atoms with E-state index in [1.54, 1.807) is 6.92 Å². The quantitative estimate of drug-likeness (QED) is 0.250. The second-order valence-corrected chi connectivity index (χ2v) is 7.93. The monoisotopic (exact) mass is 399 g/mol. The highest BCUT2D eigenvalue weighted by molar-refractivity contribution is 5.78. The van der Waals surface area contributed by atoms with Crippen LogP contribution in [0.4, 0.5) is 0 Å². The van der Waals surface area contributed by atoms with E-state index in [-0.39, 0.29) is 17.9 Å². The molecule has 0 aromatic rings. The molecular weight excluding hydrogens is 354 g/mol. The fourth-order valence-corrected chi connectivity index (χ4v) is 3.06. The van der Waals surface area contributed by atoms with Crippen molar-refractivity contribution in [2.75, 3.05) is 13.1 Å². The predicted molar refractivity (Wildman–Crippen MR) is 116 cm³/mol. The molecule has 2 atom stereocenters. The van der Waals surface area contributed by atoms with Gasteiger partial charge in [0.15, 0.2) is 0 Å². The first-order valence-electron chi connectivity index (χ1n) is 11.4. The average Bonchev–Trinajstić information content (AvgIpc) is 2.66. The number of carbonyl (C=O) groups is 2. The molecule has 2 amide bonds. The molecule has 1 unspecified atom stereocenters. The molecule has 0 aliphatic carbocycles. The first kappa shape index (κ1) is 26.9. The van der Waals surface area contributed by atoms with Crippen molar-refractivity contribution in [3.63, 3.8) is 0 Å². The molecule has 0 aliphatic rings. The standard InChI is InChI=1S/C22H45N3O3/c1-3-4-5-6-7-8-9-10-11-15-21(27)25-18-16-22(28)24-17-13-12-14-20(23)19(2)26/h19-20,26H,3-18,23H2,1-2H3,(H,24,28)(H,25,27)/t19?,20-/m0/s1. The number of rotatable bonds is 19. The van der Waals surface area contributed by atoms with E-state index < -0.39 is 6.10 Å². The van der Waals surface area contributed by atoms with Crippen molar-refractivity contribution in [3.8, 4) is 0 Å². The topological polar surface area (TPSA) is 104 Å². The molecule has 0 aromatic carbocycles. The van der Waals surface area contributed by atoms with Crippen LogP contribution in [0.1, 0.15) is 104 Å². The molecule has 28 heavy (non-hydrogen) atoms. The van der Waals surface area contributed by atoms with E-state index in [1.165, 1.54) is 44.9 Å². The Balaban J connectivity index is 3.40. The summed E-state index contributed by atoms with van der Waals surface area (Å²) < 4.78 is 0. The van der Waals surface area contributed by atoms with Crippen LogP contribution in [0.2, 0.25) is 0 Å². The normalized spacial score (nSPS) is 13.1. The number of unbranched alkanes of at least 4 members (excludes halogenated alkanes) is 9. The van der Waals surface area contributed by atoms with Gasteiger partial charge in [0.25, 0.3) is 0 Å². The third-order valence-electron chi connectivity index (χ3n) is 5.09. The Labute approximate surface area is 172 Å². The zero-order valence-corrected chi connectivity index (χ0v) is 18.3. The van der Waals surface area contributed by atoms with Crippen molar-refractivity contribution < 1.29 is 14.7 Å². The fraction of sp³-hybridized carbons (Fsp3) is 0.909. The van der Waals surface area contributed by atoms with E-state index in [2.05, 4.69) is 17.6 Å². The van der Waals surface area contributed by atoms with Crippen molar-refractivity contribution in [2.45, 2.75) is 116 Å². The zero-order chi connectivity index (χ0) is 21.0. The summed E-state index contributed by atoms with van der Waals surface area (Å²) in [5, 5.41) is 15.0. The van der Waals surface area contributed by atoms with Gasteiger partial charge < -0.3 is 21.5 Å². The van der Waals surface area contributed by atoms with Gasteiger partial charge in [0.05, 0.1) is 6.10 Å². The SMILES string of the molecule is CCCCCCCCCCCC(=O)NCCC(=O)NCCCC[C@H](N)C(C)O. The smallest absolute Gasteiger partial charge is 0.221 e. The summed E-state index contributed by atoms with van der Waals surface area (Å²) in [6.45, 7) is 4.93. The Kier molecular flexibility index (Phi) is 18.4. The van der Waals surface area contributed by atoms with Gasteiger partial charge in [-0.15, -0.1) is 0 Å². The van der Waals surface area contributed by atoms with Crippen LogP contribution in [0, 0.1) is 0 Å². The lowest BCUT2D eigenvalue weighted by Crippen LogP contribution is -2.33. The van der Waals surface area contributed by atoms with Gasteiger partial charge in [-0.2, -0.15) is 0 Å². The van der Waals surface area contributed by atoms with Gasteiger partial charge >= 0.3 is 0 Å². The van der Waals surface area contributed by atoms with E-state index in [1.807, 2.05) is 0 Å². The third kappa shape index (κ3) is 18.2. The molecule has 5 N–H and O–H groups in total. The number of nitrogens with two attached hydrogens (primary N) is 1. The Morgan fingerprint density at radius 1 is 0.786 bits per heavy atom. The molecule has 166 valence electrons. The van der Waals surface area contributed by atoms with Crippen LogP contribution in [-0.4, -0.2) is 42.2 Å². The summed E-state index contributed by atoms with van der Waals surface area (Å²) in [4.78, 5) is 23.5. The van der Waals surface area contributed by atoms with Crippen LogP contribution in [0.25, 0.3) is 0 Å². The van der Waals surface area contributed by atoms with Crippen molar-refractivity contribution in [1.82, 2.24) is 10.6 Å². The Hall–Kier alpha value is -1.14. The lowest BCUT2D eigenvalue weighted by Gasteiger charge is -2.14. The summed E-state index contributed by atoms with van der Waals surface area (Å²) in [6, 6.07) is -0.197. The van der Waals surface area contributed by atoms with Gasteiger partial charge in [0.1, 0.15) is 0 Å². The molecule has 0 aliphatic heterocycles. The van der Waals surface area contributed by atoms with Gasteiger partial charge in [-0.05, 0) is 26.2 Å². The van der Waals surface area contributed by atoms with Crippen LogP contribution in [0.15, 0.2) is 0 Å². The van der Waals surface area contributed by atoms with Crippen molar-refractivity contribution >= 4 is 11.8 Å². The van der Waals surface area contributed by atoms with Gasteiger partial charge in [-0.1, -0.05) is 64.7 Å². The number of carbonyl (C=O) groups excluding carboxylic acids is 2. The third-order valence-corrected chi connectivity index (χ3v) is 5.09. The van der Waals surface area contributed by atoms with E-state index in [9.17, 15) is 14.7 Å². The Bertz CT molecular complexity index is 389.